The summed E-state index contributed by atoms with van der Waals surface area (Å²) >= 11 is 0. The van der Waals surface area contributed by atoms with Gasteiger partial charge in [-0.3, -0.25) is 0 Å². The van der Waals surface area contributed by atoms with Crippen LogP contribution in [0.4, 0.5) is 5.69 Å². The van der Waals surface area contributed by atoms with Crippen LogP contribution in [0.25, 0.3) is 0 Å². The molecule has 0 aliphatic heterocycles. The van der Waals surface area contributed by atoms with E-state index < -0.39 is 5.54 Å². The number of rotatable bonds is 4. The van der Waals surface area contributed by atoms with Crippen molar-refractivity contribution in [2.45, 2.75) is 5.54 Å². The average Bonchev–Trinajstić information content (AvgIpc) is 2.47. The van der Waals surface area contributed by atoms with E-state index in [1.54, 1.807) is 0 Å². The molecule has 0 aliphatic carbocycles. The number of carbonyl (C=O) groups excluding carboxylic acids is 1. The van der Waals surface area contributed by atoms with Crippen molar-refractivity contribution in [2.24, 2.45) is 5.73 Å². The second-order valence-corrected chi connectivity index (χ2v) is 4.15. The van der Waals surface area contributed by atoms with Crippen LogP contribution in [0.15, 0.2) is 54.6 Å². The number of nitrogens with two attached hydrogens (primary N) is 1. The fourth-order valence-electron chi connectivity index (χ4n) is 2.06. The lowest BCUT2D eigenvalue weighted by molar-refractivity contribution is -0.111. The predicted octanol–water partition coefficient (Wildman–Crippen LogP) is 2.55. The lowest BCUT2D eigenvalue weighted by Gasteiger charge is -2.26. The normalized spacial score (nSPS) is 12.9. The van der Waals surface area contributed by atoms with Crippen LogP contribution in [0.5, 0.6) is 0 Å². The number of nitrogens with one attached hydrogen (secondary N) is 1. The van der Waals surface area contributed by atoms with Crippen LogP contribution in [0, 0.1) is 0 Å². The highest BCUT2D eigenvalue weighted by Gasteiger charge is 2.31. The van der Waals surface area contributed by atoms with Crippen molar-refractivity contribution < 1.29 is 4.79 Å². The molecule has 1 atom stereocenters. The summed E-state index contributed by atoms with van der Waals surface area (Å²) in [6.07, 6.45) is 0.790. The Kier molecular flexibility index (Phi) is 5.10. The van der Waals surface area contributed by atoms with E-state index in [1.807, 2.05) is 61.6 Å². The van der Waals surface area contributed by atoms with Gasteiger partial charge in [-0.05, 0) is 11.6 Å². The summed E-state index contributed by atoms with van der Waals surface area (Å²) in [5.74, 6) is 0. The number of anilines is 1. The highest BCUT2D eigenvalue weighted by atomic mass is 35.5. The molecule has 0 aromatic heterocycles. The fourth-order valence-corrected chi connectivity index (χ4v) is 2.06. The van der Waals surface area contributed by atoms with Crippen molar-refractivity contribution in [3.63, 3.8) is 0 Å². The van der Waals surface area contributed by atoms with Crippen LogP contribution in [-0.2, 0) is 10.3 Å². The zero-order chi connectivity index (χ0) is 13.0. The molecule has 3 nitrogen and oxygen atoms in total. The summed E-state index contributed by atoms with van der Waals surface area (Å²) in [6.45, 7) is 0. The maximum absolute atomic E-state index is 11.5. The average molecular weight is 277 g/mol. The largest absolute Gasteiger partial charge is 0.388 e. The lowest BCUT2D eigenvalue weighted by Crippen LogP contribution is -2.40. The van der Waals surface area contributed by atoms with Gasteiger partial charge in [-0.25, -0.2) is 0 Å². The molecule has 1 unspecified atom stereocenters. The Morgan fingerprint density at radius 2 is 1.63 bits per heavy atom. The Hall–Kier alpha value is -1.84. The van der Waals surface area contributed by atoms with Crippen LogP contribution >= 0.6 is 12.4 Å². The molecule has 0 fully saturated rings. The molecule has 2 rings (SSSR count). The van der Waals surface area contributed by atoms with Gasteiger partial charge in [-0.15, -0.1) is 12.4 Å². The number of hydrogen-bond donors (Lipinski definition) is 2. The van der Waals surface area contributed by atoms with Crippen molar-refractivity contribution in [1.82, 2.24) is 0 Å². The van der Waals surface area contributed by atoms with E-state index in [0.717, 1.165) is 23.1 Å². The molecular formula is C15H17ClN2O. The van der Waals surface area contributed by atoms with Crippen molar-refractivity contribution in [3.05, 3.63) is 65.7 Å². The standard InChI is InChI=1S/C15H16N2O.ClH/c1-17-14-10-6-5-9-13(14)15(16,11-18)12-7-3-2-4-8-12;/h2-11,17H,16H2,1H3;1H. The third-order valence-corrected chi connectivity index (χ3v) is 3.08. The van der Waals surface area contributed by atoms with E-state index in [-0.39, 0.29) is 12.4 Å². The molecule has 0 aliphatic rings. The summed E-state index contributed by atoms with van der Waals surface area (Å²) < 4.78 is 0. The Labute approximate surface area is 119 Å². The van der Waals surface area contributed by atoms with Crippen molar-refractivity contribution >= 4 is 24.4 Å². The molecule has 19 heavy (non-hydrogen) atoms. The van der Waals surface area contributed by atoms with Gasteiger partial charge >= 0.3 is 0 Å². The number of hydrogen-bond acceptors (Lipinski definition) is 3. The van der Waals surface area contributed by atoms with Crippen LogP contribution in [-0.4, -0.2) is 13.3 Å². The van der Waals surface area contributed by atoms with Gasteiger partial charge < -0.3 is 15.8 Å². The summed E-state index contributed by atoms with van der Waals surface area (Å²) in [6, 6.07) is 16.9. The Morgan fingerprint density at radius 1 is 1.05 bits per heavy atom. The molecule has 2 aromatic carbocycles. The van der Waals surface area contributed by atoms with E-state index in [2.05, 4.69) is 5.32 Å². The third kappa shape index (κ3) is 2.78. The zero-order valence-corrected chi connectivity index (χ0v) is 11.5. The fraction of sp³-hybridized carbons (Fsp3) is 0.133. The maximum atomic E-state index is 11.5. The number of halogens is 1. The molecule has 0 heterocycles. The van der Waals surface area contributed by atoms with Gasteiger partial charge in [0.1, 0.15) is 11.8 Å². The van der Waals surface area contributed by atoms with E-state index in [0.29, 0.717) is 0 Å². The van der Waals surface area contributed by atoms with E-state index in [4.69, 9.17) is 5.73 Å². The molecular weight excluding hydrogens is 260 g/mol. The first-order valence-electron chi connectivity index (χ1n) is 5.80. The number of benzene rings is 2. The first-order valence-corrected chi connectivity index (χ1v) is 5.80. The summed E-state index contributed by atoms with van der Waals surface area (Å²) in [4.78, 5) is 11.5. The maximum Gasteiger partial charge on any atom is 0.149 e. The molecule has 0 radical (unpaired) electrons. The topological polar surface area (TPSA) is 55.1 Å². The minimum atomic E-state index is -1.12. The lowest BCUT2D eigenvalue weighted by atomic mass is 9.84. The van der Waals surface area contributed by atoms with Gasteiger partial charge in [-0.1, -0.05) is 48.5 Å². The first kappa shape index (κ1) is 15.2. The van der Waals surface area contributed by atoms with Gasteiger partial charge in [0.05, 0.1) is 0 Å². The van der Waals surface area contributed by atoms with Gasteiger partial charge in [0.2, 0.25) is 0 Å². The van der Waals surface area contributed by atoms with E-state index in [1.165, 1.54) is 0 Å². The van der Waals surface area contributed by atoms with E-state index >= 15 is 0 Å². The Morgan fingerprint density at radius 3 is 2.21 bits per heavy atom. The highest BCUT2D eigenvalue weighted by molar-refractivity contribution is 5.85. The van der Waals surface area contributed by atoms with Crippen LogP contribution in [0.1, 0.15) is 11.1 Å². The Bertz CT molecular complexity index is 545. The highest BCUT2D eigenvalue weighted by Crippen LogP contribution is 2.30. The van der Waals surface area contributed by atoms with Crippen molar-refractivity contribution in [3.8, 4) is 0 Å². The van der Waals surface area contributed by atoms with Gasteiger partial charge in [0.15, 0.2) is 0 Å². The van der Waals surface area contributed by atoms with Gasteiger partial charge in [0.25, 0.3) is 0 Å². The van der Waals surface area contributed by atoms with Crippen LogP contribution in [0.3, 0.4) is 0 Å². The molecule has 0 saturated heterocycles. The van der Waals surface area contributed by atoms with Gasteiger partial charge in [-0.2, -0.15) is 0 Å². The Balaban J connectivity index is 0.00000180. The second-order valence-electron chi connectivity index (χ2n) is 4.15. The molecule has 3 N–H and O–H groups in total. The van der Waals surface area contributed by atoms with Crippen molar-refractivity contribution in [2.75, 3.05) is 12.4 Å². The summed E-state index contributed by atoms with van der Waals surface area (Å²) in [5, 5.41) is 3.07. The van der Waals surface area contributed by atoms with Crippen LogP contribution < -0.4 is 11.1 Å². The van der Waals surface area contributed by atoms with Gasteiger partial charge in [0, 0.05) is 18.3 Å². The van der Waals surface area contributed by atoms with Crippen molar-refractivity contribution in [1.29, 1.82) is 0 Å². The second kappa shape index (κ2) is 6.36. The van der Waals surface area contributed by atoms with E-state index in [9.17, 15) is 4.79 Å². The number of carbonyl (C=O) groups is 1. The number of para-hydroxylation sites is 1. The zero-order valence-electron chi connectivity index (χ0n) is 10.7. The third-order valence-electron chi connectivity index (χ3n) is 3.08. The summed E-state index contributed by atoms with van der Waals surface area (Å²) in [7, 11) is 1.81. The molecule has 2 aromatic rings. The minimum Gasteiger partial charge on any atom is -0.388 e. The number of aldehydes is 1. The molecule has 100 valence electrons. The minimum absolute atomic E-state index is 0. The SMILES string of the molecule is CNc1ccccc1C(N)(C=O)c1ccccc1.Cl. The monoisotopic (exact) mass is 276 g/mol. The quantitative estimate of drug-likeness (QED) is 0.844. The first-order chi connectivity index (χ1) is 8.72. The molecule has 0 amide bonds. The molecule has 0 saturated carbocycles. The smallest absolute Gasteiger partial charge is 0.149 e. The molecule has 0 bridgehead atoms. The molecule has 4 heteroatoms. The molecule has 0 spiro atoms. The predicted molar refractivity (Wildman–Crippen MR) is 80.7 cm³/mol. The summed E-state index contributed by atoms with van der Waals surface area (Å²) in [5.41, 5.74) is 7.59. The van der Waals surface area contributed by atoms with Crippen LogP contribution in [0.2, 0.25) is 0 Å².